The van der Waals surface area contributed by atoms with E-state index in [4.69, 9.17) is 23.3 Å². The van der Waals surface area contributed by atoms with Crippen LogP contribution in [0.15, 0.2) is 218 Å². The lowest BCUT2D eigenvalue weighted by Gasteiger charge is -2.16. The lowest BCUT2D eigenvalue weighted by Crippen LogP contribution is -1.91. The molecule has 0 saturated heterocycles. The van der Waals surface area contributed by atoms with Gasteiger partial charge in [-0.3, -0.25) is 4.98 Å². The van der Waals surface area contributed by atoms with Gasteiger partial charge in [-0.1, -0.05) is 193 Å². The average molecular weight is 853 g/mol. The minimum Gasteiger partial charge on any atom is -0.254 e. The molecule has 0 spiro atoms. The summed E-state index contributed by atoms with van der Waals surface area (Å²) >= 11 is 0.224. The molecule has 0 aliphatic carbocycles. The van der Waals surface area contributed by atoms with Crippen molar-refractivity contribution in [3.8, 4) is 65.5 Å². The van der Waals surface area contributed by atoms with Crippen molar-refractivity contribution >= 4 is 76.2 Å². The smallest absolute Gasteiger partial charge is 0.0972 e. The van der Waals surface area contributed by atoms with Gasteiger partial charge >= 0.3 is 0 Å². The second-order valence-electron chi connectivity index (χ2n) is 13.6. The predicted octanol–water partition coefficient (Wildman–Crippen LogP) is 16.9. The number of thiophene rings is 1. The fraction of sp³-hybridized carbons (Fsp3) is 0. The average Bonchev–Trinajstić information content (AvgIpc) is 1.63. The van der Waals surface area contributed by atoms with Crippen LogP contribution in [0.3, 0.4) is 0 Å². The van der Waals surface area contributed by atoms with Gasteiger partial charge in [-0.25, -0.2) is 4.98 Å². The first-order valence-corrected chi connectivity index (χ1v) is 19.4. The van der Waals surface area contributed by atoms with Gasteiger partial charge in [-0.05, 0) is 89.0 Å². The third kappa shape index (κ3) is 5.71. The zero-order valence-electron chi connectivity index (χ0n) is 67.3. The van der Waals surface area contributed by atoms with Gasteiger partial charge in [0.2, 0.25) is 0 Å². The largest absolute Gasteiger partial charge is 0.254 e. The third-order valence-corrected chi connectivity index (χ3v) is 11.5. The number of fused-ring (bicyclic) bond motifs is 4. The van der Waals surface area contributed by atoms with E-state index in [-0.39, 0.29) is 11.3 Å². The van der Waals surface area contributed by atoms with Crippen LogP contribution >= 0.6 is 11.3 Å². The number of hydrogen-bond donors (Lipinski definition) is 0. The third-order valence-electron chi connectivity index (χ3n) is 10.2. The minimum atomic E-state index is -1.28. The van der Waals surface area contributed by atoms with Crippen LogP contribution in [0, 0.1) is 0 Å². The van der Waals surface area contributed by atoms with Crippen LogP contribution in [0.25, 0.3) is 130 Å². The van der Waals surface area contributed by atoms with Gasteiger partial charge < -0.3 is 0 Å². The monoisotopic (exact) mass is 852 g/mol. The first-order chi connectivity index (χ1) is 46.2. The van der Waals surface area contributed by atoms with E-state index < -0.39 is 348 Å². The number of aromatic nitrogens is 2. The van der Waals surface area contributed by atoms with Crippen molar-refractivity contribution in [3.05, 3.63) is 218 Å². The Morgan fingerprint density at radius 1 is 0.349 bits per heavy atom. The summed E-state index contributed by atoms with van der Waals surface area (Å²) in [5.74, 6) is 0. The minimum absolute atomic E-state index is 0.224. The molecule has 3 heterocycles. The molecule has 10 aromatic carbocycles. The highest BCUT2D eigenvalue weighted by molar-refractivity contribution is 7.20. The van der Waals surface area contributed by atoms with Crippen LogP contribution in [0.4, 0.5) is 0 Å². The zero-order valence-corrected chi connectivity index (χ0v) is 32.1. The molecule has 0 radical (unpaired) electrons. The number of nitrogens with zero attached hydrogens (tertiary/aromatic N) is 2. The first kappa shape index (κ1) is 15.1. The quantitative estimate of drug-likeness (QED) is 0.156. The molecule has 13 rings (SSSR count). The molecule has 0 amide bonds. The van der Waals surface area contributed by atoms with Crippen LogP contribution in [-0.2, 0) is 0 Å². The molecule has 63 heavy (non-hydrogen) atoms. The molecule has 0 saturated carbocycles. The summed E-state index contributed by atoms with van der Waals surface area (Å²) in [6, 6.07) is -35.5. The summed E-state index contributed by atoms with van der Waals surface area (Å²) in [5.41, 5.74) is -10.3. The van der Waals surface area contributed by atoms with Gasteiger partial charge in [0, 0.05) is 49.0 Å². The van der Waals surface area contributed by atoms with E-state index in [2.05, 4.69) is 9.97 Å². The molecule has 0 N–H and O–H groups in total. The first-order valence-electron chi connectivity index (χ1n) is 36.6. The molecule has 292 valence electrons. The number of pyridine rings is 2. The molecule has 0 unspecified atom stereocenters. The summed E-state index contributed by atoms with van der Waals surface area (Å²) in [6.45, 7) is 0. The van der Waals surface area contributed by atoms with Crippen molar-refractivity contribution in [2.75, 3.05) is 0 Å². The van der Waals surface area contributed by atoms with E-state index in [1.807, 2.05) is 0 Å². The van der Waals surface area contributed by atoms with Crippen molar-refractivity contribution in [3.63, 3.8) is 0 Å². The normalized spacial score (nSPS) is 19.8. The highest BCUT2D eigenvalue weighted by Gasteiger charge is 2.25. The van der Waals surface area contributed by atoms with Crippen LogP contribution < -0.4 is 0 Å². The Labute approximate surface area is 419 Å². The van der Waals surface area contributed by atoms with E-state index in [9.17, 15) is 26.0 Å². The van der Waals surface area contributed by atoms with Crippen molar-refractivity contribution in [1.29, 1.82) is 0 Å². The lowest BCUT2D eigenvalue weighted by atomic mass is 9.87. The molecule has 0 bridgehead atoms. The maximum Gasteiger partial charge on any atom is 0.0972 e. The summed E-state index contributed by atoms with van der Waals surface area (Å²) < 4.78 is 333. The number of rotatable bonds is 6. The molecule has 3 aromatic heterocycles. The van der Waals surface area contributed by atoms with Gasteiger partial charge in [-0.15, -0.1) is 11.3 Å². The highest BCUT2D eigenvalue weighted by Crippen LogP contribution is 2.54. The van der Waals surface area contributed by atoms with Gasteiger partial charge in [0.25, 0.3) is 0 Å². The highest BCUT2D eigenvalue weighted by atomic mass is 32.1. The summed E-state index contributed by atoms with van der Waals surface area (Å²) in [5, 5.41) is -5.91. The Morgan fingerprint density at radius 3 is 1.71 bits per heavy atom. The Hall–Kier alpha value is -7.98. The van der Waals surface area contributed by atoms with Crippen molar-refractivity contribution in [2.45, 2.75) is 0 Å². The molecule has 0 atom stereocenters. The Morgan fingerprint density at radius 2 is 0.905 bits per heavy atom. The second-order valence-corrected chi connectivity index (χ2v) is 14.7. The van der Waals surface area contributed by atoms with Gasteiger partial charge in [0.1, 0.15) is 0 Å². The van der Waals surface area contributed by atoms with Crippen LogP contribution in [-0.4, -0.2) is 9.97 Å². The van der Waals surface area contributed by atoms with Gasteiger partial charge in [0.05, 0.1) is 66.1 Å². The summed E-state index contributed by atoms with van der Waals surface area (Å²) in [4.78, 5) is 7.06. The second kappa shape index (κ2) is 14.3. The van der Waals surface area contributed by atoms with E-state index in [1.165, 1.54) is 0 Å². The maximum absolute atomic E-state index is 10.5. The van der Waals surface area contributed by atoms with E-state index >= 15 is 0 Å². The lowest BCUT2D eigenvalue weighted by molar-refractivity contribution is 1.37. The Kier molecular flexibility index (Phi) is 3.44. The fourth-order valence-electron chi connectivity index (χ4n) is 7.56. The predicted molar refractivity (Wildman–Crippen MR) is 269 cm³/mol. The number of hydrogen-bond acceptors (Lipinski definition) is 3. The Balaban J connectivity index is 1.28. The zero-order chi connectivity index (χ0) is 72.8. The molecule has 0 aliphatic rings. The van der Waals surface area contributed by atoms with Crippen LogP contribution in [0.2, 0.25) is 0 Å². The molecular formula is C60H36N2S. The number of benzene rings is 10. The van der Waals surface area contributed by atoms with E-state index in [0.717, 1.165) is 0 Å². The molecule has 0 aliphatic heterocycles. The van der Waals surface area contributed by atoms with Gasteiger partial charge in [-0.2, -0.15) is 0 Å². The topological polar surface area (TPSA) is 25.8 Å². The molecular weight excluding hydrogens is 781 g/mol. The van der Waals surface area contributed by atoms with E-state index in [0.29, 0.717) is 0 Å². The fourth-order valence-corrected chi connectivity index (χ4v) is 8.84. The molecule has 13 aromatic rings. The summed E-state index contributed by atoms with van der Waals surface area (Å²) in [6.07, 6.45) is -0.831. The van der Waals surface area contributed by atoms with Crippen LogP contribution in [0.5, 0.6) is 0 Å². The molecule has 0 fully saturated rings. The van der Waals surface area contributed by atoms with Gasteiger partial charge in [0.15, 0.2) is 0 Å². The Bertz CT molecular complexity index is 5980. The molecule has 3 heteroatoms. The maximum atomic E-state index is 10.5. The van der Waals surface area contributed by atoms with E-state index in [1.54, 1.807) is 0 Å². The summed E-state index contributed by atoms with van der Waals surface area (Å²) in [7, 11) is 0. The SMILES string of the molecule is [2H]c1nc2c(c([2H])c1[2H])c([2H])c([2H])c1c([2H])c([2H])c(-c3c([2H])c([2H])c(-c4c([2H])c([2H])c([2H])c(-c5c(-c6c([2H])c([2H])c([2H])c([2H])c6[2H])sc(-c6c([2H])c([2H])c7c([2H])c([2H])c8c([2H])c([2H])c([2H])c9c([2H])c([2H])c6c7c89)c5-c5c([2H])c([2H])c([2H])c([2H])c5[2H])c4[2H])c4c([2H])c([2H])c([2H])c([2H])c34)nc12. The van der Waals surface area contributed by atoms with Crippen molar-refractivity contribution in [2.24, 2.45) is 0 Å². The van der Waals surface area contributed by atoms with Crippen molar-refractivity contribution < 1.29 is 49.3 Å². The standard InChI is InChI=1S/C60H36N2S/c1-3-12-37(13-4-1)55-56(59(43-14-5-2-6-15-43)63-60(55)51-31-28-40-24-23-38-16-9-17-39-27-30-50(51)54(40)53(38)39)45-19-10-18-44(36-45)46-32-33-49(48-22-8-7-21-47(46)48)52-34-29-42-26-25-41-20-11-35-61-57(41)58(42)62-52/h1-36H/i1D,2D,3D,4D,5D,6D,7D,8D,9D,10D,11D,12D,13D,14D,15D,16D,17D,18D,19D,20D,21D,22D,23D,24D,25D,26D,27D,28D,29D,30D,31D,32D,33D,34D,35D,36D. The molecule has 2 nitrogen and oxygen atoms in total. The van der Waals surface area contributed by atoms with Crippen molar-refractivity contribution in [1.82, 2.24) is 9.97 Å². The van der Waals surface area contributed by atoms with Crippen LogP contribution in [0.1, 0.15) is 49.3 Å².